The van der Waals surface area contributed by atoms with Crippen molar-refractivity contribution in [2.24, 2.45) is 0 Å². The average molecular weight is 303 g/mol. The Balaban J connectivity index is 1.94. The molecule has 0 aliphatic heterocycles. The molecule has 1 N–H and O–H groups in total. The van der Waals surface area contributed by atoms with Crippen LogP contribution in [-0.2, 0) is 34.4 Å². The highest BCUT2D eigenvalue weighted by molar-refractivity contribution is 7.83. The first-order valence-corrected chi connectivity index (χ1v) is 8.59. The van der Waals surface area contributed by atoms with E-state index in [1.54, 1.807) is 13.4 Å². The average Bonchev–Trinajstić information content (AvgIpc) is 2.47. The Bertz CT molecular complexity index is 596. The highest BCUT2D eigenvalue weighted by atomic mass is 32.2. The van der Waals surface area contributed by atoms with Crippen LogP contribution >= 0.6 is 0 Å². The van der Waals surface area contributed by atoms with E-state index in [0.717, 1.165) is 17.8 Å². The highest BCUT2D eigenvalue weighted by Crippen LogP contribution is 2.14. The first-order chi connectivity index (χ1) is 10.2. The zero-order valence-electron chi connectivity index (χ0n) is 12.5. The standard InChI is InChI=1S/C17H21NO2S/c1-20-12-15-8-6-14(7-9-15)11-18-17-5-3-4-16(10-17)13-21(2)19/h3-10,18H,11-13H2,1-2H3/t21-/m1/s1. The van der Waals surface area contributed by atoms with Gasteiger partial charge in [-0.3, -0.25) is 4.21 Å². The van der Waals surface area contributed by atoms with E-state index in [-0.39, 0.29) is 0 Å². The summed E-state index contributed by atoms with van der Waals surface area (Å²) in [6.07, 6.45) is 1.72. The molecule has 0 bridgehead atoms. The Morgan fingerprint density at radius 1 is 1.05 bits per heavy atom. The summed E-state index contributed by atoms with van der Waals surface area (Å²) >= 11 is 0. The van der Waals surface area contributed by atoms with Gasteiger partial charge in [0.1, 0.15) is 0 Å². The normalized spacial score (nSPS) is 12.1. The molecule has 0 unspecified atom stereocenters. The molecule has 1 atom stereocenters. The van der Waals surface area contributed by atoms with Crippen molar-refractivity contribution >= 4 is 16.5 Å². The first-order valence-electron chi connectivity index (χ1n) is 6.87. The van der Waals surface area contributed by atoms with Gasteiger partial charge < -0.3 is 10.1 Å². The molecule has 0 saturated carbocycles. The van der Waals surface area contributed by atoms with Crippen molar-refractivity contribution < 1.29 is 8.95 Å². The second-order valence-corrected chi connectivity index (χ2v) is 6.46. The van der Waals surface area contributed by atoms with Crippen LogP contribution in [0, 0.1) is 0 Å². The van der Waals surface area contributed by atoms with Crippen molar-refractivity contribution in [3.63, 3.8) is 0 Å². The molecule has 0 aromatic heterocycles. The lowest BCUT2D eigenvalue weighted by atomic mass is 10.1. The summed E-state index contributed by atoms with van der Waals surface area (Å²) in [6, 6.07) is 16.5. The number of rotatable bonds is 7. The minimum absolute atomic E-state index is 0.598. The Labute approximate surface area is 128 Å². The number of nitrogens with one attached hydrogen (secondary N) is 1. The van der Waals surface area contributed by atoms with Gasteiger partial charge in [0.05, 0.1) is 6.61 Å². The van der Waals surface area contributed by atoms with Gasteiger partial charge in [-0.05, 0) is 28.8 Å². The highest BCUT2D eigenvalue weighted by Gasteiger charge is 1.99. The molecule has 112 valence electrons. The molecule has 0 heterocycles. The number of hydrogen-bond acceptors (Lipinski definition) is 3. The van der Waals surface area contributed by atoms with Gasteiger partial charge in [-0.2, -0.15) is 0 Å². The summed E-state index contributed by atoms with van der Waals surface area (Å²) in [6.45, 7) is 1.41. The molecule has 0 saturated heterocycles. The lowest BCUT2D eigenvalue weighted by Gasteiger charge is -2.09. The molecule has 0 aliphatic carbocycles. The Morgan fingerprint density at radius 3 is 2.43 bits per heavy atom. The van der Waals surface area contributed by atoms with E-state index in [4.69, 9.17) is 4.74 Å². The fourth-order valence-corrected chi connectivity index (χ4v) is 2.78. The third-order valence-electron chi connectivity index (χ3n) is 3.13. The fourth-order valence-electron chi connectivity index (χ4n) is 2.13. The van der Waals surface area contributed by atoms with Crippen molar-refractivity contribution in [3.05, 3.63) is 65.2 Å². The molecule has 0 spiro atoms. The van der Waals surface area contributed by atoms with Crippen LogP contribution in [0.5, 0.6) is 0 Å². The molecule has 2 aromatic carbocycles. The van der Waals surface area contributed by atoms with E-state index in [2.05, 4.69) is 35.6 Å². The van der Waals surface area contributed by atoms with Gasteiger partial charge in [0.25, 0.3) is 0 Å². The third-order valence-corrected chi connectivity index (χ3v) is 3.87. The number of hydrogen-bond donors (Lipinski definition) is 1. The van der Waals surface area contributed by atoms with Gasteiger partial charge in [-0.25, -0.2) is 0 Å². The molecule has 0 amide bonds. The molecular weight excluding hydrogens is 282 g/mol. The molecule has 0 aliphatic rings. The van der Waals surface area contributed by atoms with Crippen molar-refractivity contribution in [2.45, 2.75) is 18.9 Å². The van der Waals surface area contributed by atoms with E-state index >= 15 is 0 Å². The van der Waals surface area contributed by atoms with Crippen LogP contribution in [-0.4, -0.2) is 17.6 Å². The van der Waals surface area contributed by atoms with E-state index < -0.39 is 10.8 Å². The zero-order chi connectivity index (χ0) is 15.1. The minimum atomic E-state index is -0.809. The Kier molecular flexibility index (Phi) is 5.96. The maximum atomic E-state index is 11.3. The van der Waals surface area contributed by atoms with Crippen molar-refractivity contribution in [2.75, 3.05) is 18.7 Å². The number of benzene rings is 2. The van der Waals surface area contributed by atoms with Gasteiger partial charge in [-0.1, -0.05) is 36.4 Å². The fraction of sp³-hybridized carbons (Fsp3) is 0.294. The summed E-state index contributed by atoms with van der Waals surface area (Å²) in [5, 5.41) is 3.40. The molecule has 2 aromatic rings. The van der Waals surface area contributed by atoms with Crippen LogP contribution in [0.2, 0.25) is 0 Å². The maximum absolute atomic E-state index is 11.3. The zero-order valence-corrected chi connectivity index (χ0v) is 13.3. The summed E-state index contributed by atoms with van der Waals surface area (Å²) < 4.78 is 16.4. The Hall–Kier alpha value is -1.65. The molecule has 21 heavy (non-hydrogen) atoms. The second-order valence-electron chi connectivity index (χ2n) is 5.02. The van der Waals surface area contributed by atoms with Crippen LogP contribution in [0.4, 0.5) is 5.69 Å². The predicted molar refractivity (Wildman–Crippen MR) is 88.7 cm³/mol. The van der Waals surface area contributed by atoms with E-state index in [9.17, 15) is 4.21 Å². The SMILES string of the molecule is COCc1ccc(CNc2cccc(C[S@@](C)=O)c2)cc1. The summed E-state index contributed by atoms with van der Waals surface area (Å²) in [4.78, 5) is 0. The minimum Gasteiger partial charge on any atom is -0.381 e. The van der Waals surface area contributed by atoms with E-state index in [1.807, 2.05) is 18.2 Å². The van der Waals surface area contributed by atoms with Crippen molar-refractivity contribution in [1.29, 1.82) is 0 Å². The summed E-state index contributed by atoms with van der Waals surface area (Å²) in [7, 11) is 0.891. The number of ether oxygens (including phenoxy) is 1. The molecule has 4 heteroatoms. The van der Waals surface area contributed by atoms with Crippen LogP contribution in [0.25, 0.3) is 0 Å². The van der Waals surface area contributed by atoms with Crippen molar-refractivity contribution in [1.82, 2.24) is 0 Å². The Morgan fingerprint density at radius 2 is 1.76 bits per heavy atom. The van der Waals surface area contributed by atoms with E-state index in [1.165, 1.54) is 11.1 Å². The van der Waals surface area contributed by atoms with Gasteiger partial charge in [0.15, 0.2) is 0 Å². The maximum Gasteiger partial charge on any atom is 0.0713 e. The summed E-state index contributed by atoms with van der Waals surface area (Å²) in [5.41, 5.74) is 4.54. The largest absolute Gasteiger partial charge is 0.381 e. The lowest BCUT2D eigenvalue weighted by Crippen LogP contribution is -2.01. The van der Waals surface area contributed by atoms with Crippen molar-refractivity contribution in [3.8, 4) is 0 Å². The monoisotopic (exact) mass is 303 g/mol. The summed E-state index contributed by atoms with van der Waals surface area (Å²) in [5.74, 6) is 0.598. The molecule has 0 fully saturated rings. The number of anilines is 1. The second kappa shape index (κ2) is 7.96. The molecule has 2 rings (SSSR count). The van der Waals surface area contributed by atoms with E-state index in [0.29, 0.717) is 12.4 Å². The van der Waals surface area contributed by atoms with Gasteiger partial charge in [0, 0.05) is 42.2 Å². The van der Waals surface area contributed by atoms with Crippen LogP contribution in [0.3, 0.4) is 0 Å². The molecule has 3 nitrogen and oxygen atoms in total. The van der Waals surface area contributed by atoms with Gasteiger partial charge in [0.2, 0.25) is 0 Å². The van der Waals surface area contributed by atoms with Crippen LogP contribution in [0.1, 0.15) is 16.7 Å². The number of methoxy groups -OCH3 is 1. The van der Waals surface area contributed by atoms with Crippen LogP contribution in [0.15, 0.2) is 48.5 Å². The van der Waals surface area contributed by atoms with Gasteiger partial charge >= 0.3 is 0 Å². The van der Waals surface area contributed by atoms with Gasteiger partial charge in [-0.15, -0.1) is 0 Å². The van der Waals surface area contributed by atoms with Crippen LogP contribution < -0.4 is 5.32 Å². The topological polar surface area (TPSA) is 38.3 Å². The third kappa shape index (κ3) is 5.33. The smallest absolute Gasteiger partial charge is 0.0713 e. The molecular formula is C17H21NO2S. The lowest BCUT2D eigenvalue weighted by molar-refractivity contribution is 0.185. The predicted octanol–water partition coefficient (Wildman–Crippen LogP) is 3.32. The quantitative estimate of drug-likeness (QED) is 0.852. The molecule has 0 radical (unpaired) electrons. The first kappa shape index (κ1) is 15.7.